The van der Waals surface area contributed by atoms with Crippen LogP contribution in [0.1, 0.15) is 31.1 Å². The van der Waals surface area contributed by atoms with Gasteiger partial charge in [0, 0.05) is 17.2 Å². The van der Waals surface area contributed by atoms with Crippen LogP contribution in [0.4, 0.5) is 13.2 Å². The van der Waals surface area contributed by atoms with Crippen LogP contribution in [0.25, 0.3) is 16.9 Å². The first kappa shape index (κ1) is 25.5. The van der Waals surface area contributed by atoms with Crippen LogP contribution in [0.3, 0.4) is 0 Å². The molecule has 4 aromatic rings. The summed E-state index contributed by atoms with van der Waals surface area (Å²) in [6.07, 6.45) is 0.980. The highest BCUT2D eigenvalue weighted by molar-refractivity contribution is 9.10. The summed E-state index contributed by atoms with van der Waals surface area (Å²) < 4.78 is 48.4. The van der Waals surface area contributed by atoms with Gasteiger partial charge in [0.15, 0.2) is 11.6 Å². The molecule has 0 aliphatic carbocycles. The van der Waals surface area contributed by atoms with Gasteiger partial charge in [0.05, 0.1) is 11.9 Å². The highest BCUT2D eigenvalue weighted by Gasteiger charge is 2.22. The van der Waals surface area contributed by atoms with E-state index in [-0.39, 0.29) is 39.9 Å². The summed E-state index contributed by atoms with van der Waals surface area (Å²) in [6.45, 7) is 4.28. The molecule has 7 nitrogen and oxygen atoms in total. The molecule has 1 N–H and O–H groups in total. The summed E-state index contributed by atoms with van der Waals surface area (Å²) in [5.74, 6) is -1.96. The third-order valence-corrected chi connectivity index (χ3v) is 5.89. The summed E-state index contributed by atoms with van der Waals surface area (Å²) in [5, 5.41) is 10.2. The summed E-state index contributed by atoms with van der Waals surface area (Å²) >= 11 is 3.19. The molecule has 0 atom stereocenters. The number of aryl methyl sites for hydroxylation is 1. The van der Waals surface area contributed by atoms with E-state index < -0.39 is 28.6 Å². The van der Waals surface area contributed by atoms with Crippen LogP contribution in [-0.2, 0) is 12.2 Å². The molecule has 4 rings (SSSR count). The second-order valence-electron chi connectivity index (χ2n) is 8.44. The molecule has 0 fully saturated rings. The van der Waals surface area contributed by atoms with Gasteiger partial charge in [-0.1, -0.05) is 12.1 Å². The lowest BCUT2D eigenvalue weighted by molar-refractivity contribution is 0.0686. The average molecular weight is 561 g/mol. The minimum atomic E-state index is -1.38. The lowest BCUT2D eigenvalue weighted by Crippen LogP contribution is -2.24. The number of nitrogens with zero attached hydrogens (tertiary/aromatic N) is 4. The first-order valence-electron chi connectivity index (χ1n) is 10.7. The van der Waals surface area contributed by atoms with Crippen LogP contribution in [0, 0.1) is 24.4 Å². The molecule has 0 radical (unpaired) electrons. The number of hydrogen-bond acceptors (Lipinski definition) is 6. The molecule has 2 heterocycles. The summed E-state index contributed by atoms with van der Waals surface area (Å²) in [5.41, 5.74) is -1.11. The van der Waals surface area contributed by atoms with Crippen molar-refractivity contribution < 1.29 is 23.0 Å². The fourth-order valence-corrected chi connectivity index (χ4v) is 3.80. The lowest BCUT2D eigenvalue weighted by Gasteiger charge is -2.17. The largest absolute Gasteiger partial charge is 0.472 e. The van der Waals surface area contributed by atoms with E-state index in [1.807, 2.05) is 0 Å². The van der Waals surface area contributed by atoms with E-state index >= 15 is 0 Å². The maximum absolute atomic E-state index is 14.6. The molecular weight excluding hydrogens is 541 g/mol. The van der Waals surface area contributed by atoms with E-state index in [1.165, 1.54) is 24.5 Å². The number of benzene rings is 2. The molecule has 0 spiro atoms. The van der Waals surface area contributed by atoms with E-state index in [9.17, 15) is 23.1 Å². The van der Waals surface area contributed by atoms with Crippen LogP contribution in [0.15, 0.2) is 57.9 Å². The Balaban J connectivity index is 1.70. The van der Waals surface area contributed by atoms with Gasteiger partial charge in [-0.15, -0.1) is 0 Å². The van der Waals surface area contributed by atoms with Crippen LogP contribution in [0.5, 0.6) is 5.88 Å². The van der Waals surface area contributed by atoms with Crippen molar-refractivity contribution in [2.75, 3.05) is 0 Å². The first-order chi connectivity index (χ1) is 17.0. The number of aromatic nitrogens is 4. The van der Waals surface area contributed by atoms with E-state index in [0.717, 1.165) is 18.3 Å². The Morgan fingerprint density at radius 3 is 2.53 bits per heavy atom. The predicted octanol–water partition coefficient (Wildman–Crippen LogP) is 4.98. The van der Waals surface area contributed by atoms with Gasteiger partial charge in [0.2, 0.25) is 5.88 Å². The van der Waals surface area contributed by atoms with Crippen molar-refractivity contribution in [3.8, 4) is 22.8 Å². The molecule has 2 aromatic carbocycles. The standard InChI is InChI=1S/C25H20BrF3N4O3/c1-13-31-22(36-12-15-7-8-16(27)10-18(15)28)20(26)23(34)33(13)17-6-4-5-14(9-17)21-19(29)11-30-24(32-21)25(2,3)35/h4-11,35H,12H2,1-3H3. The summed E-state index contributed by atoms with van der Waals surface area (Å²) in [6, 6.07) is 9.51. The minimum Gasteiger partial charge on any atom is -0.472 e. The Morgan fingerprint density at radius 2 is 1.83 bits per heavy atom. The maximum Gasteiger partial charge on any atom is 0.276 e. The predicted molar refractivity (Wildman–Crippen MR) is 129 cm³/mol. The molecule has 36 heavy (non-hydrogen) atoms. The molecular formula is C25H20BrF3N4O3. The zero-order valence-corrected chi connectivity index (χ0v) is 21.0. The smallest absolute Gasteiger partial charge is 0.276 e. The van der Waals surface area contributed by atoms with E-state index in [4.69, 9.17) is 4.74 Å². The van der Waals surface area contributed by atoms with Crippen LogP contribution < -0.4 is 10.3 Å². The third kappa shape index (κ3) is 5.17. The fourth-order valence-electron chi connectivity index (χ4n) is 3.42. The zero-order chi connectivity index (χ0) is 26.2. The molecule has 0 aliphatic heterocycles. The summed E-state index contributed by atoms with van der Waals surface area (Å²) in [4.78, 5) is 25.5. The van der Waals surface area contributed by atoms with Crippen molar-refractivity contribution in [1.82, 2.24) is 19.5 Å². The van der Waals surface area contributed by atoms with Gasteiger partial charge in [0.25, 0.3) is 5.56 Å². The van der Waals surface area contributed by atoms with Crippen LogP contribution in [-0.4, -0.2) is 24.6 Å². The second kappa shape index (κ2) is 9.82. The number of halogens is 4. The molecule has 11 heteroatoms. The highest BCUT2D eigenvalue weighted by Crippen LogP contribution is 2.27. The third-order valence-electron chi connectivity index (χ3n) is 5.21. The van der Waals surface area contributed by atoms with E-state index in [2.05, 4.69) is 30.9 Å². The van der Waals surface area contributed by atoms with Gasteiger partial charge in [-0.05, 0) is 61.0 Å². The normalized spacial score (nSPS) is 11.6. The van der Waals surface area contributed by atoms with E-state index in [1.54, 1.807) is 31.2 Å². The molecule has 0 amide bonds. The van der Waals surface area contributed by atoms with Crippen molar-refractivity contribution in [2.24, 2.45) is 0 Å². The Bertz CT molecular complexity index is 1520. The van der Waals surface area contributed by atoms with Crippen molar-refractivity contribution in [3.05, 3.63) is 98.2 Å². The van der Waals surface area contributed by atoms with Crippen molar-refractivity contribution >= 4 is 15.9 Å². The first-order valence-corrected chi connectivity index (χ1v) is 11.5. The molecule has 0 saturated carbocycles. The van der Waals surface area contributed by atoms with Crippen molar-refractivity contribution in [3.63, 3.8) is 0 Å². The van der Waals surface area contributed by atoms with Crippen LogP contribution >= 0.6 is 15.9 Å². The SMILES string of the molecule is Cc1nc(OCc2ccc(F)cc2F)c(Br)c(=O)n1-c1cccc(-c2nc(C(C)(C)O)ncc2F)c1. The monoisotopic (exact) mass is 560 g/mol. The Kier molecular flexibility index (Phi) is 6.96. The minimum absolute atomic E-state index is 0.0152. The number of ether oxygens (including phenoxy) is 1. The lowest BCUT2D eigenvalue weighted by atomic mass is 10.1. The van der Waals surface area contributed by atoms with E-state index in [0.29, 0.717) is 11.3 Å². The zero-order valence-electron chi connectivity index (χ0n) is 19.4. The highest BCUT2D eigenvalue weighted by atomic mass is 79.9. The number of hydrogen-bond donors (Lipinski definition) is 1. The molecule has 0 unspecified atom stereocenters. The van der Waals surface area contributed by atoms with Gasteiger partial charge in [-0.2, -0.15) is 4.98 Å². The topological polar surface area (TPSA) is 90.1 Å². The molecule has 0 saturated heterocycles. The molecule has 186 valence electrons. The molecule has 2 aromatic heterocycles. The quantitative estimate of drug-likeness (QED) is 0.357. The van der Waals surface area contributed by atoms with Gasteiger partial charge in [0.1, 0.15) is 39.8 Å². The summed E-state index contributed by atoms with van der Waals surface area (Å²) in [7, 11) is 0. The van der Waals surface area contributed by atoms with Gasteiger partial charge >= 0.3 is 0 Å². The number of aliphatic hydroxyl groups is 1. The number of rotatable bonds is 6. The van der Waals surface area contributed by atoms with Gasteiger partial charge < -0.3 is 9.84 Å². The molecule has 0 bridgehead atoms. The maximum atomic E-state index is 14.6. The fraction of sp³-hybridized carbons (Fsp3) is 0.200. The average Bonchev–Trinajstić information content (AvgIpc) is 2.81. The van der Waals surface area contributed by atoms with Gasteiger partial charge in [-0.25, -0.2) is 23.1 Å². The van der Waals surface area contributed by atoms with Gasteiger partial charge in [-0.3, -0.25) is 9.36 Å². The Labute approximate surface area is 212 Å². The van der Waals surface area contributed by atoms with Crippen molar-refractivity contribution in [1.29, 1.82) is 0 Å². The van der Waals surface area contributed by atoms with Crippen molar-refractivity contribution in [2.45, 2.75) is 33.0 Å². The van der Waals surface area contributed by atoms with Crippen LogP contribution in [0.2, 0.25) is 0 Å². The Hall–Kier alpha value is -3.57. The Morgan fingerprint density at radius 1 is 1.08 bits per heavy atom. The molecule has 0 aliphatic rings. The second-order valence-corrected chi connectivity index (χ2v) is 9.24.